The third-order valence-electron chi connectivity index (χ3n) is 3.24. The van der Waals surface area contributed by atoms with Crippen LogP contribution in [0.1, 0.15) is 19.4 Å². The molecule has 3 nitrogen and oxygen atoms in total. The number of para-hydroxylation sites is 2. The van der Waals surface area contributed by atoms with Gasteiger partial charge in [-0.3, -0.25) is 5.41 Å². The van der Waals surface area contributed by atoms with Gasteiger partial charge in [-0.2, -0.15) is 0 Å². The van der Waals surface area contributed by atoms with Crippen LogP contribution >= 0.6 is 0 Å². The predicted molar refractivity (Wildman–Crippen MR) is 80.9 cm³/mol. The summed E-state index contributed by atoms with van der Waals surface area (Å²) in [5, 5.41) is 13.7. The monoisotopic (exact) mass is 251 g/mol. The number of aromatic amines is 1. The Bertz CT molecular complexity index is 753. The summed E-state index contributed by atoms with van der Waals surface area (Å²) in [5.74, 6) is 0.465. The highest BCUT2D eigenvalue weighted by atomic mass is 15.0. The fraction of sp³-hybridized carbons (Fsp3) is 0.188. The number of hydrogen-bond acceptors (Lipinski definition) is 1. The van der Waals surface area contributed by atoms with Gasteiger partial charge in [-0.05, 0) is 26.0 Å². The van der Waals surface area contributed by atoms with E-state index >= 15 is 0 Å². The molecule has 0 bridgehead atoms. The Balaban J connectivity index is 2.23. The second-order valence-corrected chi connectivity index (χ2v) is 5.07. The van der Waals surface area contributed by atoms with Crippen LogP contribution in [0.5, 0.6) is 0 Å². The summed E-state index contributed by atoms with van der Waals surface area (Å²) < 4.78 is 0. The molecule has 0 radical (unpaired) electrons. The van der Waals surface area contributed by atoms with Crippen molar-refractivity contribution in [2.45, 2.75) is 19.9 Å². The average Bonchev–Trinajstić information content (AvgIpc) is 2.76. The number of fused-ring (bicyclic) bond motifs is 3. The Morgan fingerprint density at radius 3 is 2.58 bits per heavy atom. The summed E-state index contributed by atoms with van der Waals surface area (Å²) in [6.45, 7) is 4.08. The molecule has 3 rings (SSSR count). The molecule has 0 aliphatic rings. The lowest BCUT2D eigenvalue weighted by Gasteiger charge is -2.11. The van der Waals surface area contributed by atoms with E-state index in [1.165, 1.54) is 10.8 Å². The molecule has 3 heteroatoms. The molecule has 0 spiro atoms. The second-order valence-electron chi connectivity index (χ2n) is 5.07. The fourth-order valence-corrected chi connectivity index (χ4v) is 2.45. The molecule has 3 aromatic rings. The molecule has 1 aromatic heterocycles. The number of nitrogens with one attached hydrogen (secondary N) is 3. The smallest absolute Gasteiger partial charge is 0.127 e. The first kappa shape index (κ1) is 11.8. The zero-order chi connectivity index (χ0) is 13.4. The fourth-order valence-electron chi connectivity index (χ4n) is 2.45. The van der Waals surface area contributed by atoms with Crippen molar-refractivity contribution in [2.24, 2.45) is 0 Å². The molecule has 0 saturated carbocycles. The van der Waals surface area contributed by atoms with Gasteiger partial charge < -0.3 is 10.3 Å². The minimum Gasteiger partial charge on any atom is -0.368 e. The summed E-state index contributed by atoms with van der Waals surface area (Å²) in [5.41, 5.74) is 3.06. The number of rotatable bonds is 2. The summed E-state index contributed by atoms with van der Waals surface area (Å²) in [7, 11) is 0. The molecular weight excluding hydrogens is 234 g/mol. The van der Waals surface area contributed by atoms with Crippen molar-refractivity contribution >= 4 is 27.6 Å². The molecule has 0 fully saturated rings. The minimum atomic E-state index is 0.257. The third kappa shape index (κ3) is 1.97. The normalized spacial score (nSPS) is 11.3. The van der Waals surface area contributed by atoms with Crippen LogP contribution in [0.25, 0.3) is 21.8 Å². The van der Waals surface area contributed by atoms with Gasteiger partial charge in [-0.25, -0.2) is 0 Å². The van der Waals surface area contributed by atoms with Gasteiger partial charge in [0.2, 0.25) is 0 Å². The van der Waals surface area contributed by atoms with Crippen LogP contribution in [0.15, 0.2) is 42.5 Å². The van der Waals surface area contributed by atoms with Crippen LogP contribution in [-0.4, -0.2) is 16.9 Å². The number of amidine groups is 1. The van der Waals surface area contributed by atoms with Gasteiger partial charge in [0, 0.05) is 27.9 Å². The first-order valence-electron chi connectivity index (χ1n) is 6.51. The Kier molecular flexibility index (Phi) is 2.75. The highest BCUT2D eigenvalue weighted by molar-refractivity contribution is 6.15. The molecule has 0 aliphatic carbocycles. The second kappa shape index (κ2) is 4.43. The third-order valence-corrected chi connectivity index (χ3v) is 3.24. The van der Waals surface area contributed by atoms with Gasteiger partial charge in [0.1, 0.15) is 5.84 Å². The first-order chi connectivity index (χ1) is 9.16. The Morgan fingerprint density at radius 1 is 1.05 bits per heavy atom. The van der Waals surface area contributed by atoms with Crippen molar-refractivity contribution < 1.29 is 0 Å². The topological polar surface area (TPSA) is 51.7 Å². The SMILES string of the molecule is CC(C)NC(=N)c1cccc2c1[nH]c1ccccc12. The standard InChI is InChI=1S/C16H17N3/c1-10(2)18-16(17)13-8-5-7-12-11-6-3-4-9-14(11)19-15(12)13/h3-10,19H,1-2H3,(H2,17,18). The van der Waals surface area contributed by atoms with Crippen molar-refractivity contribution in [1.29, 1.82) is 5.41 Å². The van der Waals surface area contributed by atoms with Crippen molar-refractivity contribution in [3.63, 3.8) is 0 Å². The van der Waals surface area contributed by atoms with E-state index in [0.717, 1.165) is 16.6 Å². The van der Waals surface area contributed by atoms with E-state index < -0.39 is 0 Å². The first-order valence-corrected chi connectivity index (χ1v) is 6.51. The minimum absolute atomic E-state index is 0.257. The van der Waals surface area contributed by atoms with Gasteiger partial charge in [-0.1, -0.05) is 30.3 Å². The van der Waals surface area contributed by atoms with Crippen LogP contribution in [0, 0.1) is 5.41 Å². The van der Waals surface area contributed by atoms with Gasteiger partial charge in [0.15, 0.2) is 0 Å². The van der Waals surface area contributed by atoms with E-state index in [9.17, 15) is 0 Å². The summed E-state index contributed by atoms with van der Waals surface area (Å²) in [6, 6.07) is 14.6. The maximum Gasteiger partial charge on any atom is 0.127 e. The zero-order valence-electron chi connectivity index (χ0n) is 11.1. The molecule has 0 unspecified atom stereocenters. The number of hydrogen-bond donors (Lipinski definition) is 3. The van der Waals surface area contributed by atoms with Crippen molar-refractivity contribution in [1.82, 2.24) is 10.3 Å². The Hall–Kier alpha value is -2.29. The van der Waals surface area contributed by atoms with E-state index in [1.54, 1.807) is 0 Å². The van der Waals surface area contributed by atoms with Gasteiger partial charge in [-0.15, -0.1) is 0 Å². The maximum absolute atomic E-state index is 8.18. The molecule has 96 valence electrons. The van der Waals surface area contributed by atoms with E-state index in [-0.39, 0.29) is 6.04 Å². The van der Waals surface area contributed by atoms with E-state index in [0.29, 0.717) is 5.84 Å². The van der Waals surface area contributed by atoms with Crippen LogP contribution in [-0.2, 0) is 0 Å². The molecule has 0 saturated heterocycles. The largest absolute Gasteiger partial charge is 0.368 e. The van der Waals surface area contributed by atoms with Gasteiger partial charge >= 0.3 is 0 Å². The van der Waals surface area contributed by atoms with Crippen molar-refractivity contribution in [2.75, 3.05) is 0 Å². The average molecular weight is 251 g/mol. The Labute approximate surface area is 112 Å². The molecule has 0 amide bonds. The van der Waals surface area contributed by atoms with Crippen LogP contribution < -0.4 is 5.32 Å². The predicted octanol–water partition coefficient (Wildman–Crippen LogP) is 3.64. The van der Waals surface area contributed by atoms with E-state index in [2.05, 4.69) is 28.5 Å². The lowest BCUT2D eigenvalue weighted by Crippen LogP contribution is -2.30. The molecule has 1 heterocycles. The molecule has 2 aromatic carbocycles. The molecule has 0 aliphatic heterocycles. The highest BCUT2D eigenvalue weighted by Gasteiger charge is 2.11. The van der Waals surface area contributed by atoms with Gasteiger partial charge in [0.05, 0.1) is 5.52 Å². The number of aromatic nitrogens is 1. The number of H-pyrrole nitrogens is 1. The lowest BCUT2D eigenvalue weighted by atomic mass is 10.1. The van der Waals surface area contributed by atoms with Crippen LogP contribution in [0.4, 0.5) is 0 Å². The van der Waals surface area contributed by atoms with Crippen LogP contribution in [0.2, 0.25) is 0 Å². The zero-order valence-corrected chi connectivity index (χ0v) is 11.1. The van der Waals surface area contributed by atoms with Crippen LogP contribution in [0.3, 0.4) is 0 Å². The summed E-state index contributed by atoms with van der Waals surface area (Å²) in [6.07, 6.45) is 0. The molecule has 0 atom stereocenters. The number of benzene rings is 2. The summed E-state index contributed by atoms with van der Waals surface area (Å²) in [4.78, 5) is 3.42. The molecular formula is C16H17N3. The van der Waals surface area contributed by atoms with Gasteiger partial charge in [0.25, 0.3) is 0 Å². The highest BCUT2D eigenvalue weighted by Crippen LogP contribution is 2.27. The maximum atomic E-state index is 8.18. The lowest BCUT2D eigenvalue weighted by molar-refractivity contribution is 0.731. The van der Waals surface area contributed by atoms with E-state index in [4.69, 9.17) is 5.41 Å². The van der Waals surface area contributed by atoms with E-state index in [1.807, 2.05) is 38.1 Å². The molecule has 19 heavy (non-hydrogen) atoms. The quantitative estimate of drug-likeness (QED) is 0.472. The molecule has 3 N–H and O–H groups in total. The Morgan fingerprint density at radius 2 is 1.79 bits per heavy atom. The van der Waals surface area contributed by atoms with Crippen molar-refractivity contribution in [3.8, 4) is 0 Å². The summed E-state index contributed by atoms with van der Waals surface area (Å²) >= 11 is 0. The van der Waals surface area contributed by atoms with Crippen molar-refractivity contribution in [3.05, 3.63) is 48.0 Å².